The van der Waals surface area contributed by atoms with Crippen molar-refractivity contribution in [2.24, 2.45) is 0 Å². The molecule has 0 aliphatic carbocycles. The van der Waals surface area contributed by atoms with Gasteiger partial charge in [0.1, 0.15) is 24.4 Å². The molecule has 8 atom stereocenters. The van der Waals surface area contributed by atoms with Crippen molar-refractivity contribution < 1.29 is 49.3 Å². The minimum absolute atomic E-state index is 0.0245. The Hall–Kier alpha value is -3.16. The third-order valence-electron chi connectivity index (χ3n) is 13.9. The van der Waals surface area contributed by atoms with E-state index < -0.39 is 67.4 Å². The van der Waals surface area contributed by atoms with Gasteiger partial charge in [0.25, 0.3) is 0 Å². The number of unbranched alkanes of at least 4 members (excludes halogenated alkanes) is 28. The van der Waals surface area contributed by atoms with E-state index in [1.807, 2.05) is 60.8 Å². The van der Waals surface area contributed by atoms with Crippen LogP contribution in [0.3, 0.4) is 0 Å². The van der Waals surface area contributed by atoms with Crippen molar-refractivity contribution in [3.8, 4) is 0 Å². The van der Waals surface area contributed by atoms with Crippen molar-refractivity contribution in [3.05, 3.63) is 85.1 Å². The minimum atomic E-state index is -1.64. The summed E-state index contributed by atoms with van der Waals surface area (Å²) in [6.45, 7) is 5.58. The number of esters is 1. The van der Waals surface area contributed by atoms with Gasteiger partial charge in [-0.1, -0.05) is 260 Å². The molecule has 0 radical (unpaired) electrons. The number of carbonyl (C=O) groups excluding carboxylic acids is 2. The molecule has 0 aromatic heterocycles. The monoisotopic (exact) mass is 1050 g/mol. The molecule has 8 unspecified atom stereocenters. The van der Waals surface area contributed by atoms with Gasteiger partial charge in [0.05, 0.1) is 25.4 Å². The molecule has 1 saturated heterocycles. The van der Waals surface area contributed by atoms with Crippen LogP contribution >= 0.6 is 0 Å². The van der Waals surface area contributed by atoms with E-state index in [-0.39, 0.29) is 19.4 Å². The lowest BCUT2D eigenvalue weighted by atomic mass is 9.99. The molecule has 1 amide bonds. The number of allylic oxidation sites excluding steroid dienone is 13. The first-order chi connectivity index (χ1) is 36.7. The topological polar surface area (TPSA) is 175 Å². The molecule has 432 valence electrons. The summed E-state index contributed by atoms with van der Waals surface area (Å²) >= 11 is 0. The summed E-state index contributed by atoms with van der Waals surface area (Å²) < 4.78 is 17.5. The Morgan fingerprint density at radius 1 is 0.533 bits per heavy atom. The highest BCUT2D eigenvalue weighted by molar-refractivity contribution is 5.80. The molecule has 0 aromatic rings. The number of hydrogen-bond acceptors (Lipinski definition) is 10. The van der Waals surface area contributed by atoms with Crippen molar-refractivity contribution in [1.29, 1.82) is 0 Å². The maximum absolute atomic E-state index is 13.4. The van der Waals surface area contributed by atoms with Gasteiger partial charge in [0.15, 0.2) is 12.4 Å². The number of aliphatic hydroxyl groups excluding tert-OH is 5. The van der Waals surface area contributed by atoms with E-state index in [4.69, 9.17) is 14.2 Å². The number of nitrogens with one attached hydrogen (secondary N) is 1. The van der Waals surface area contributed by atoms with Crippen molar-refractivity contribution in [2.75, 3.05) is 13.2 Å². The average Bonchev–Trinajstić information content (AvgIpc) is 3.41. The number of ether oxygens (including phenoxy) is 3. The standard InChI is InChI=1S/C64H111NO10/c1-4-7-10-13-16-19-22-24-25-26-27-28-29-30-31-32-34-36-39-42-45-48-51-57(68)63(72)65-55(56(67)50-47-44-41-38-35-21-18-15-12-9-6-3)54-73-64-62(61(71)60(70)58(53-66)74-64)75-59(69)52-49-46-43-40-37-33-23-20-17-14-11-8-5-2/h8,11,14,17,20,23-25,33,37,40,43,47,50,55-58,60-62,64,66-68,70-71H,4-7,9-10,12-13,15-16,18-19,21-22,26-32,34-36,38-39,41-42,44-46,48-49,51-54H2,1-3H3,(H,65,72)/b11-8+,17-14+,23-20-,25-24+,37-33-,43-40+,50-47+. The Morgan fingerprint density at radius 3 is 1.47 bits per heavy atom. The predicted molar refractivity (Wildman–Crippen MR) is 310 cm³/mol. The van der Waals surface area contributed by atoms with E-state index in [9.17, 15) is 35.1 Å². The minimum Gasteiger partial charge on any atom is -0.454 e. The first-order valence-corrected chi connectivity index (χ1v) is 30.4. The van der Waals surface area contributed by atoms with Crippen molar-refractivity contribution in [1.82, 2.24) is 5.32 Å². The number of amides is 1. The zero-order chi connectivity index (χ0) is 54.7. The molecule has 11 nitrogen and oxygen atoms in total. The van der Waals surface area contributed by atoms with Crippen molar-refractivity contribution >= 4 is 11.9 Å². The lowest BCUT2D eigenvalue weighted by molar-refractivity contribution is -0.305. The quantitative estimate of drug-likeness (QED) is 0.0149. The van der Waals surface area contributed by atoms with Gasteiger partial charge in [-0.25, -0.2) is 0 Å². The molecule has 11 heteroatoms. The second-order valence-electron chi connectivity index (χ2n) is 20.8. The van der Waals surface area contributed by atoms with Crippen LogP contribution in [0.4, 0.5) is 0 Å². The van der Waals surface area contributed by atoms with Crippen LogP contribution in [-0.4, -0.2) is 99.6 Å². The van der Waals surface area contributed by atoms with Crippen LogP contribution in [-0.2, 0) is 23.8 Å². The first kappa shape index (κ1) is 69.9. The molecule has 1 aliphatic heterocycles. The molecule has 75 heavy (non-hydrogen) atoms. The van der Waals surface area contributed by atoms with E-state index in [2.05, 4.69) is 44.3 Å². The molecular weight excluding hydrogens is 943 g/mol. The highest BCUT2D eigenvalue weighted by atomic mass is 16.7. The number of aliphatic hydroxyl groups is 5. The summed E-state index contributed by atoms with van der Waals surface area (Å²) in [6, 6.07) is -1.04. The number of hydrogen-bond donors (Lipinski definition) is 6. The summed E-state index contributed by atoms with van der Waals surface area (Å²) in [7, 11) is 0. The van der Waals surface area contributed by atoms with Gasteiger partial charge in [0, 0.05) is 6.42 Å². The SMILES string of the molecule is CC/C=C/C=C/C=C\C=C/C=C/CCCC(=O)OC1C(OCC(NC(=O)C(O)CCCCCCCCCCCCCC/C=C/CCCCCCCC)C(O)/C=C/CCCCCCCCCCC)OC(CO)C(O)C1O. The lowest BCUT2D eigenvalue weighted by Crippen LogP contribution is -2.61. The van der Waals surface area contributed by atoms with E-state index in [0.717, 1.165) is 51.4 Å². The average molecular weight is 1050 g/mol. The molecular formula is C64H111NO10. The van der Waals surface area contributed by atoms with Crippen molar-refractivity contribution in [2.45, 2.75) is 294 Å². The number of carbonyl (C=O) groups is 2. The van der Waals surface area contributed by atoms with Gasteiger partial charge in [0.2, 0.25) is 5.91 Å². The van der Waals surface area contributed by atoms with Gasteiger partial charge in [-0.3, -0.25) is 9.59 Å². The molecule has 0 aromatic carbocycles. The molecule has 1 fully saturated rings. The summed E-state index contributed by atoms with van der Waals surface area (Å²) in [4.78, 5) is 26.4. The third kappa shape index (κ3) is 39.8. The Balaban J connectivity index is 2.67. The molecule has 1 rings (SSSR count). The van der Waals surface area contributed by atoms with E-state index in [1.165, 1.54) is 141 Å². The summed E-state index contributed by atoms with van der Waals surface area (Å²) in [5.74, 6) is -1.28. The first-order valence-electron chi connectivity index (χ1n) is 30.4. The Morgan fingerprint density at radius 2 is 0.973 bits per heavy atom. The van der Waals surface area contributed by atoms with Crippen LogP contribution in [0.25, 0.3) is 0 Å². The van der Waals surface area contributed by atoms with Gasteiger partial charge in [-0.2, -0.15) is 0 Å². The van der Waals surface area contributed by atoms with Crippen LogP contribution in [0.1, 0.15) is 245 Å². The largest absolute Gasteiger partial charge is 0.454 e. The maximum atomic E-state index is 13.4. The molecule has 0 bridgehead atoms. The molecule has 0 spiro atoms. The van der Waals surface area contributed by atoms with Gasteiger partial charge < -0.3 is 45.1 Å². The van der Waals surface area contributed by atoms with Gasteiger partial charge >= 0.3 is 5.97 Å². The van der Waals surface area contributed by atoms with Crippen molar-refractivity contribution in [3.63, 3.8) is 0 Å². The summed E-state index contributed by atoms with van der Waals surface area (Å²) in [6.07, 6.45) is 56.5. The predicted octanol–water partition coefficient (Wildman–Crippen LogP) is 14.2. The van der Waals surface area contributed by atoms with Crippen LogP contribution in [0.2, 0.25) is 0 Å². The van der Waals surface area contributed by atoms with Crippen LogP contribution in [0.15, 0.2) is 85.1 Å². The molecule has 0 saturated carbocycles. The lowest BCUT2D eigenvalue weighted by Gasteiger charge is -2.41. The summed E-state index contributed by atoms with van der Waals surface area (Å²) in [5, 5.41) is 56.8. The molecule has 1 heterocycles. The molecule has 6 N–H and O–H groups in total. The Bertz CT molecular complexity index is 1540. The van der Waals surface area contributed by atoms with E-state index in [0.29, 0.717) is 19.3 Å². The fourth-order valence-corrected chi connectivity index (χ4v) is 9.09. The van der Waals surface area contributed by atoms with Crippen LogP contribution in [0.5, 0.6) is 0 Å². The van der Waals surface area contributed by atoms with Gasteiger partial charge in [-0.15, -0.1) is 0 Å². The zero-order valence-electron chi connectivity index (χ0n) is 47.6. The highest BCUT2D eigenvalue weighted by Crippen LogP contribution is 2.26. The zero-order valence-corrected chi connectivity index (χ0v) is 47.6. The second-order valence-corrected chi connectivity index (χ2v) is 20.8. The number of rotatable bonds is 50. The van der Waals surface area contributed by atoms with Gasteiger partial charge in [-0.05, 0) is 64.2 Å². The fourth-order valence-electron chi connectivity index (χ4n) is 9.09. The normalized spacial score (nSPS) is 19.8. The maximum Gasteiger partial charge on any atom is 0.306 e. The summed E-state index contributed by atoms with van der Waals surface area (Å²) in [5.41, 5.74) is 0. The van der Waals surface area contributed by atoms with E-state index >= 15 is 0 Å². The third-order valence-corrected chi connectivity index (χ3v) is 13.9. The molecule has 1 aliphatic rings. The Kier molecular flexibility index (Phi) is 48.0. The van der Waals surface area contributed by atoms with E-state index in [1.54, 1.807) is 6.08 Å². The second kappa shape index (κ2) is 51.6. The fraction of sp³-hybridized carbons (Fsp3) is 0.750. The smallest absolute Gasteiger partial charge is 0.306 e. The van der Waals surface area contributed by atoms with Crippen LogP contribution < -0.4 is 5.32 Å². The highest BCUT2D eigenvalue weighted by Gasteiger charge is 2.47. The van der Waals surface area contributed by atoms with Crippen LogP contribution in [0, 0.1) is 0 Å². The Labute approximate surface area is 457 Å².